The van der Waals surface area contributed by atoms with Gasteiger partial charge in [0.1, 0.15) is 6.61 Å². The molecule has 0 unspecified atom stereocenters. The number of pyridine rings is 1. The number of hydrogen-bond donors (Lipinski definition) is 0. The smallest absolute Gasteiger partial charge is 0.219 e. The molecule has 1 heterocycles. The second kappa shape index (κ2) is 7.15. The van der Waals surface area contributed by atoms with Crippen molar-refractivity contribution < 1.29 is 14.2 Å². The number of rotatable bonds is 6. The van der Waals surface area contributed by atoms with Gasteiger partial charge in [-0.15, -0.1) is 0 Å². The zero-order chi connectivity index (χ0) is 15.1. The van der Waals surface area contributed by atoms with Gasteiger partial charge < -0.3 is 14.2 Å². The quantitative estimate of drug-likeness (QED) is 0.816. The minimum absolute atomic E-state index is 0.309. The Morgan fingerprint density at radius 1 is 1.19 bits per heavy atom. The third-order valence-electron chi connectivity index (χ3n) is 2.80. The first kappa shape index (κ1) is 14.7. The van der Waals surface area contributed by atoms with Crippen LogP contribution in [-0.2, 0) is 6.61 Å². The van der Waals surface area contributed by atoms with Crippen molar-refractivity contribution in [3.63, 3.8) is 0 Å². The third-order valence-corrected chi connectivity index (χ3v) is 2.80. The summed E-state index contributed by atoms with van der Waals surface area (Å²) in [7, 11) is 1.57. The first-order valence-corrected chi connectivity index (χ1v) is 6.56. The predicted molar refractivity (Wildman–Crippen MR) is 77.4 cm³/mol. The Bertz CT molecular complexity index is 650. The largest absolute Gasteiger partial charge is 0.490 e. The summed E-state index contributed by atoms with van der Waals surface area (Å²) in [6.07, 6.45) is 1.66. The molecule has 1 aromatic carbocycles. The Hall–Kier alpha value is -2.74. The second-order valence-corrected chi connectivity index (χ2v) is 4.17. The molecule has 0 bridgehead atoms. The van der Waals surface area contributed by atoms with Gasteiger partial charge in [-0.1, -0.05) is 0 Å². The zero-order valence-electron chi connectivity index (χ0n) is 12.0. The fraction of sp³-hybridized carbons (Fsp3) is 0.250. The molecule has 0 N–H and O–H groups in total. The van der Waals surface area contributed by atoms with Gasteiger partial charge in [0.25, 0.3) is 0 Å². The normalized spacial score (nSPS) is 9.76. The molecule has 0 aliphatic rings. The molecule has 21 heavy (non-hydrogen) atoms. The molecule has 0 aliphatic heterocycles. The molecule has 0 saturated heterocycles. The lowest BCUT2D eigenvalue weighted by atomic mass is 10.2. The van der Waals surface area contributed by atoms with Crippen LogP contribution in [0, 0.1) is 11.3 Å². The van der Waals surface area contributed by atoms with E-state index in [1.54, 1.807) is 31.5 Å². The second-order valence-electron chi connectivity index (χ2n) is 4.17. The molecule has 0 aliphatic carbocycles. The molecule has 0 saturated carbocycles. The average Bonchev–Trinajstić information content (AvgIpc) is 2.54. The number of ether oxygens (including phenoxy) is 3. The number of aromatic nitrogens is 1. The van der Waals surface area contributed by atoms with Crippen molar-refractivity contribution in [1.29, 1.82) is 5.26 Å². The van der Waals surface area contributed by atoms with Crippen molar-refractivity contribution in [2.24, 2.45) is 0 Å². The highest BCUT2D eigenvalue weighted by molar-refractivity contribution is 5.47. The van der Waals surface area contributed by atoms with Crippen molar-refractivity contribution in [3.05, 3.63) is 47.7 Å². The van der Waals surface area contributed by atoms with E-state index >= 15 is 0 Å². The first-order chi connectivity index (χ1) is 10.3. The number of nitriles is 1. The zero-order valence-corrected chi connectivity index (χ0v) is 12.0. The predicted octanol–water partition coefficient (Wildman–Crippen LogP) is 2.94. The molecule has 0 amide bonds. The van der Waals surface area contributed by atoms with Gasteiger partial charge in [-0.2, -0.15) is 5.26 Å². The van der Waals surface area contributed by atoms with Gasteiger partial charge in [0.05, 0.1) is 30.9 Å². The van der Waals surface area contributed by atoms with Gasteiger partial charge >= 0.3 is 0 Å². The average molecular weight is 284 g/mol. The Morgan fingerprint density at radius 3 is 2.76 bits per heavy atom. The van der Waals surface area contributed by atoms with E-state index in [2.05, 4.69) is 11.1 Å². The maximum Gasteiger partial charge on any atom is 0.219 e. The fourth-order valence-electron chi connectivity index (χ4n) is 1.84. The van der Waals surface area contributed by atoms with Gasteiger partial charge in [0, 0.05) is 12.3 Å². The summed E-state index contributed by atoms with van der Waals surface area (Å²) >= 11 is 0. The van der Waals surface area contributed by atoms with E-state index in [0.717, 1.165) is 5.56 Å². The number of methoxy groups -OCH3 is 1. The van der Waals surface area contributed by atoms with E-state index in [4.69, 9.17) is 19.5 Å². The van der Waals surface area contributed by atoms with Crippen LogP contribution in [-0.4, -0.2) is 18.7 Å². The molecule has 0 atom stereocenters. The Kier molecular flexibility index (Phi) is 4.99. The van der Waals surface area contributed by atoms with E-state index in [-0.39, 0.29) is 0 Å². The molecular weight excluding hydrogens is 268 g/mol. The highest BCUT2D eigenvalue weighted by Crippen LogP contribution is 2.29. The van der Waals surface area contributed by atoms with Crippen LogP contribution in [0.15, 0.2) is 36.5 Å². The van der Waals surface area contributed by atoms with Crippen molar-refractivity contribution >= 4 is 0 Å². The number of nitrogens with zero attached hydrogens (tertiary/aromatic N) is 2. The molecule has 0 radical (unpaired) electrons. The van der Waals surface area contributed by atoms with Crippen molar-refractivity contribution in [1.82, 2.24) is 4.98 Å². The highest BCUT2D eigenvalue weighted by Gasteiger charge is 2.09. The van der Waals surface area contributed by atoms with Crippen LogP contribution in [0.1, 0.15) is 18.1 Å². The van der Waals surface area contributed by atoms with Gasteiger partial charge in [0.15, 0.2) is 11.5 Å². The van der Waals surface area contributed by atoms with Crippen molar-refractivity contribution in [3.8, 4) is 23.4 Å². The topological polar surface area (TPSA) is 64.4 Å². The van der Waals surface area contributed by atoms with Gasteiger partial charge in [0.2, 0.25) is 5.88 Å². The van der Waals surface area contributed by atoms with Gasteiger partial charge in [-0.05, 0) is 31.2 Å². The lowest BCUT2D eigenvalue weighted by molar-refractivity contribution is 0.263. The van der Waals surface area contributed by atoms with Gasteiger partial charge in [-0.3, -0.25) is 0 Å². The van der Waals surface area contributed by atoms with Crippen molar-refractivity contribution in [2.75, 3.05) is 13.7 Å². The van der Waals surface area contributed by atoms with Gasteiger partial charge in [-0.25, -0.2) is 4.98 Å². The third kappa shape index (κ3) is 3.63. The maximum atomic E-state index is 8.93. The Balaban J connectivity index is 2.17. The molecule has 108 valence electrons. The summed E-state index contributed by atoms with van der Waals surface area (Å²) in [4.78, 5) is 4.12. The number of benzene rings is 1. The minimum Gasteiger partial charge on any atom is -0.490 e. The molecule has 2 aromatic rings. The van der Waals surface area contributed by atoms with E-state index in [1.165, 1.54) is 0 Å². The molecule has 5 nitrogen and oxygen atoms in total. The number of hydrogen-bond acceptors (Lipinski definition) is 5. The maximum absolute atomic E-state index is 8.93. The van der Waals surface area contributed by atoms with E-state index in [9.17, 15) is 0 Å². The van der Waals surface area contributed by atoms with Crippen LogP contribution in [0.25, 0.3) is 0 Å². The SMILES string of the molecule is CCOc1cc(C#N)ccc1OCc1cccnc1OC. The summed E-state index contributed by atoms with van der Waals surface area (Å²) < 4.78 is 16.4. The molecule has 0 spiro atoms. The van der Waals surface area contributed by atoms with E-state index in [1.807, 2.05) is 19.1 Å². The summed E-state index contributed by atoms with van der Waals surface area (Å²) in [6.45, 7) is 2.69. The first-order valence-electron chi connectivity index (χ1n) is 6.56. The molecule has 5 heteroatoms. The molecular formula is C16H16N2O3. The summed E-state index contributed by atoms with van der Waals surface area (Å²) in [5.74, 6) is 1.67. The van der Waals surface area contributed by atoms with Crippen LogP contribution in [0.4, 0.5) is 0 Å². The molecule has 0 fully saturated rings. The van der Waals surface area contributed by atoms with Crippen LogP contribution in [0.2, 0.25) is 0 Å². The highest BCUT2D eigenvalue weighted by atomic mass is 16.5. The monoisotopic (exact) mass is 284 g/mol. The molecule has 1 aromatic heterocycles. The Labute approximate surface area is 123 Å². The van der Waals surface area contributed by atoms with Crippen LogP contribution in [0.3, 0.4) is 0 Å². The summed E-state index contributed by atoms with van der Waals surface area (Å²) in [5.41, 5.74) is 1.37. The summed E-state index contributed by atoms with van der Waals surface area (Å²) in [6, 6.07) is 10.9. The fourth-order valence-corrected chi connectivity index (χ4v) is 1.84. The van der Waals surface area contributed by atoms with E-state index < -0.39 is 0 Å². The van der Waals surface area contributed by atoms with Crippen LogP contribution >= 0.6 is 0 Å². The van der Waals surface area contributed by atoms with E-state index in [0.29, 0.717) is 36.2 Å². The lowest BCUT2D eigenvalue weighted by Crippen LogP contribution is -2.02. The van der Waals surface area contributed by atoms with Crippen molar-refractivity contribution in [2.45, 2.75) is 13.5 Å². The van der Waals surface area contributed by atoms with Crippen LogP contribution in [0.5, 0.6) is 17.4 Å². The molecule has 2 rings (SSSR count). The standard InChI is InChI=1S/C16H16N2O3/c1-3-20-15-9-12(10-17)6-7-14(15)21-11-13-5-4-8-18-16(13)19-2/h4-9H,3,11H2,1-2H3. The lowest BCUT2D eigenvalue weighted by Gasteiger charge is -2.13. The minimum atomic E-state index is 0.309. The Morgan fingerprint density at radius 2 is 2.05 bits per heavy atom. The van der Waals surface area contributed by atoms with Crippen LogP contribution < -0.4 is 14.2 Å². The summed E-state index contributed by atoms with van der Waals surface area (Å²) in [5, 5.41) is 8.93.